The van der Waals surface area contributed by atoms with Crippen molar-refractivity contribution in [3.05, 3.63) is 23.4 Å². The van der Waals surface area contributed by atoms with Crippen LogP contribution < -0.4 is 5.32 Å². The lowest BCUT2D eigenvalue weighted by molar-refractivity contribution is -0.142. The third-order valence-electron chi connectivity index (χ3n) is 3.70. The Balaban J connectivity index is 1.98. The first-order chi connectivity index (χ1) is 10.3. The van der Waals surface area contributed by atoms with Gasteiger partial charge in [0.15, 0.2) is 0 Å². The Hall–Kier alpha value is -1.62. The van der Waals surface area contributed by atoms with Gasteiger partial charge in [0.1, 0.15) is 5.82 Å². The molecule has 5 nitrogen and oxygen atoms in total. The Labute approximate surface area is 136 Å². The van der Waals surface area contributed by atoms with Crippen LogP contribution in [0, 0.1) is 11.3 Å². The number of carbonyl (C=O) groups excluding carboxylic acids is 2. The molecule has 1 fully saturated rings. The van der Waals surface area contributed by atoms with Crippen molar-refractivity contribution in [1.82, 2.24) is 9.88 Å². The average molecular weight is 324 g/mol. The molecular weight excluding hydrogens is 302 g/mol. The summed E-state index contributed by atoms with van der Waals surface area (Å²) in [5, 5.41) is 3.32. The van der Waals surface area contributed by atoms with Gasteiger partial charge in [0.25, 0.3) is 0 Å². The molecule has 2 amide bonds. The lowest BCUT2D eigenvalue weighted by Gasteiger charge is -2.35. The monoisotopic (exact) mass is 323 g/mol. The van der Waals surface area contributed by atoms with Gasteiger partial charge >= 0.3 is 0 Å². The number of carbonyl (C=O) groups is 2. The molecule has 0 unspecified atom stereocenters. The number of piperidine rings is 1. The number of amides is 2. The Kier molecular flexibility index (Phi) is 5.06. The number of likely N-dealkylation sites (tertiary alicyclic amines) is 1. The largest absolute Gasteiger partial charge is 0.341 e. The van der Waals surface area contributed by atoms with Crippen molar-refractivity contribution in [2.45, 2.75) is 33.6 Å². The fraction of sp³-hybridized carbons (Fsp3) is 0.562. The van der Waals surface area contributed by atoms with Gasteiger partial charge in [-0.15, -0.1) is 0 Å². The van der Waals surface area contributed by atoms with Gasteiger partial charge in [0, 0.05) is 24.7 Å². The predicted octanol–water partition coefficient (Wildman–Crippen LogP) is 2.96. The highest BCUT2D eigenvalue weighted by molar-refractivity contribution is 6.30. The van der Waals surface area contributed by atoms with Crippen LogP contribution in [-0.4, -0.2) is 34.8 Å². The molecular formula is C16H22ClN3O2. The number of halogens is 1. The van der Waals surface area contributed by atoms with Crippen LogP contribution in [0.3, 0.4) is 0 Å². The molecule has 1 aliphatic rings. The van der Waals surface area contributed by atoms with E-state index in [1.807, 2.05) is 20.8 Å². The summed E-state index contributed by atoms with van der Waals surface area (Å²) in [6.07, 6.45) is 3.12. The van der Waals surface area contributed by atoms with Crippen molar-refractivity contribution in [2.75, 3.05) is 18.4 Å². The van der Waals surface area contributed by atoms with E-state index in [4.69, 9.17) is 11.6 Å². The molecule has 1 aromatic heterocycles. The maximum atomic E-state index is 12.4. The first kappa shape index (κ1) is 16.7. The van der Waals surface area contributed by atoms with Crippen LogP contribution in [0.4, 0.5) is 5.82 Å². The standard InChI is InChI=1S/C16H22ClN3O2/c1-16(2,3)15(22)20-8-4-5-11(10-20)14(21)19-13-7-6-12(17)9-18-13/h6-7,9,11H,4-5,8,10H2,1-3H3,(H,18,19,21)/t11-/m1/s1. The van der Waals surface area contributed by atoms with Crippen molar-refractivity contribution in [2.24, 2.45) is 11.3 Å². The highest BCUT2D eigenvalue weighted by Gasteiger charge is 2.33. The Bertz CT molecular complexity index is 552. The molecule has 1 aromatic rings. The van der Waals surface area contributed by atoms with Crippen LogP contribution in [0.5, 0.6) is 0 Å². The summed E-state index contributed by atoms with van der Waals surface area (Å²) >= 11 is 5.77. The molecule has 0 radical (unpaired) electrons. The molecule has 0 bridgehead atoms. The van der Waals surface area contributed by atoms with Crippen LogP contribution in [0.15, 0.2) is 18.3 Å². The van der Waals surface area contributed by atoms with Crippen LogP contribution in [0.25, 0.3) is 0 Å². The van der Waals surface area contributed by atoms with Crippen molar-refractivity contribution < 1.29 is 9.59 Å². The lowest BCUT2D eigenvalue weighted by Crippen LogP contribution is -2.47. The molecule has 0 spiro atoms. The first-order valence-corrected chi connectivity index (χ1v) is 7.87. The normalized spacial score (nSPS) is 18.9. The molecule has 1 N–H and O–H groups in total. The van der Waals surface area contributed by atoms with E-state index in [0.717, 1.165) is 19.4 Å². The van der Waals surface area contributed by atoms with Crippen LogP contribution in [-0.2, 0) is 9.59 Å². The van der Waals surface area contributed by atoms with Crippen molar-refractivity contribution >= 4 is 29.2 Å². The number of hydrogen-bond acceptors (Lipinski definition) is 3. The minimum Gasteiger partial charge on any atom is -0.341 e. The average Bonchev–Trinajstić information content (AvgIpc) is 2.48. The van der Waals surface area contributed by atoms with Crippen LogP contribution >= 0.6 is 11.6 Å². The van der Waals surface area contributed by atoms with Gasteiger partial charge in [0.05, 0.1) is 10.9 Å². The molecule has 6 heteroatoms. The van der Waals surface area contributed by atoms with Crippen LogP contribution in [0.1, 0.15) is 33.6 Å². The third kappa shape index (κ3) is 4.19. The maximum absolute atomic E-state index is 12.4. The van der Waals surface area contributed by atoms with E-state index < -0.39 is 5.41 Å². The summed E-state index contributed by atoms with van der Waals surface area (Å²) in [4.78, 5) is 30.6. The second-order valence-electron chi connectivity index (χ2n) is 6.69. The fourth-order valence-electron chi connectivity index (χ4n) is 2.53. The SMILES string of the molecule is CC(C)(C)C(=O)N1CCC[C@@H](C(=O)Nc2ccc(Cl)cn2)C1. The zero-order valence-electron chi connectivity index (χ0n) is 13.2. The van der Waals surface area contributed by atoms with E-state index in [1.54, 1.807) is 17.0 Å². The molecule has 22 heavy (non-hydrogen) atoms. The molecule has 1 saturated heterocycles. The zero-order chi connectivity index (χ0) is 16.3. The first-order valence-electron chi connectivity index (χ1n) is 7.49. The second-order valence-corrected chi connectivity index (χ2v) is 7.13. The molecule has 1 atom stereocenters. The summed E-state index contributed by atoms with van der Waals surface area (Å²) in [7, 11) is 0. The number of nitrogens with zero attached hydrogens (tertiary/aromatic N) is 2. The zero-order valence-corrected chi connectivity index (χ0v) is 14.0. The van der Waals surface area contributed by atoms with E-state index in [1.165, 1.54) is 6.20 Å². The van der Waals surface area contributed by atoms with Crippen molar-refractivity contribution in [1.29, 1.82) is 0 Å². The minimum atomic E-state index is -0.421. The van der Waals surface area contributed by atoms with Gasteiger partial charge in [-0.05, 0) is 25.0 Å². The highest BCUT2D eigenvalue weighted by atomic mass is 35.5. The van der Waals surface area contributed by atoms with E-state index in [-0.39, 0.29) is 17.7 Å². The Morgan fingerprint density at radius 1 is 1.36 bits per heavy atom. The number of nitrogens with one attached hydrogen (secondary N) is 1. The summed E-state index contributed by atoms with van der Waals surface area (Å²) < 4.78 is 0. The maximum Gasteiger partial charge on any atom is 0.230 e. The number of rotatable bonds is 2. The quantitative estimate of drug-likeness (QED) is 0.910. The van der Waals surface area contributed by atoms with Crippen molar-refractivity contribution in [3.8, 4) is 0 Å². The summed E-state index contributed by atoms with van der Waals surface area (Å²) in [6, 6.07) is 3.35. The van der Waals surface area contributed by atoms with E-state index in [0.29, 0.717) is 17.4 Å². The summed E-state index contributed by atoms with van der Waals surface area (Å²) in [6.45, 7) is 6.89. The summed E-state index contributed by atoms with van der Waals surface area (Å²) in [5.41, 5.74) is -0.421. The fourth-order valence-corrected chi connectivity index (χ4v) is 2.64. The third-order valence-corrected chi connectivity index (χ3v) is 3.92. The van der Waals surface area contributed by atoms with Gasteiger partial charge in [-0.3, -0.25) is 9.59 Å². The van der Waals surface area contributed by atoms with Crippen molar-refractivity contribution in [3.63, 3.8) is 0 Å². The number of anilines is 1. The molecule has 1 aliphatic heterocycles. The Morgan fingerprint density at radius 2 is 2.09 bits per heavy atom. The topological polar surface area (TPSA) is 62.3 Å². The summed E-state index contributed by atoms with van der Waals surface area (Å²) in [5.74, 6) is 0.280. The molecule has 0 aromatic carbocycles. The predicted molar refractivity (Wildman–Crippen MR) is 86.6 cm³/mol. The Morgan fingerprint density at radius 3 is 2.68 bits per heavy atom. The van der Waals surface area contributed by atoms with E-state index >= 15 is 0 Å². The minimum absolute atomic E-state index is 0.0922. The van der Waals surface area contributed by atoms with Gasteiger partial charge in [-0.2, -0.15) is 0 Å². The second kappa shape index (κ2) is 6.65. The van der Waals surface area contributed by atoms with Gasteiger partial charge in [-0.1, -0.05) is 32.4 Å². The number of aromatic nitrogens is 1. The lowest BCUT2D eigenvalue weighted by atomic mass is 9.91. The van der Waals surface area contributed by atoms with E-state index in [2.05, 4.69) is 10.3 Å². The van der Waals surface area contributed by atoms with Gasteiger partial charge in [0.2, 0.25) is 11.8 Å². The highest BCUT2D eigenvalue weighted by Crippen LogP contribution is 2.24. The number of pyridine rings is 1. The number of hydrogen-bond donors (Lipinski definition) is 1. The molecule has 2 rings (SSSR count). The molecule has 120 valence electrons. The van der Waals surface area contributed by atoms with E-state index in [9.17, 15) is 9.59 Å². The van der Waals surface area contributed by atoms with Gasteiger partial charge < -0.3 is 10.2 Å². The smallest absolute Gasteiger partial charge is 0.230 e. The molecule has 0 aliphatic carbocycles. The molecule has 2 heterocycles. The van der Waals surface area contributed by atoms with Gasteiger partial charge in [-0.25, -0.2) is 4.98 Å². The molecule has 0 saturated carbocycles. The van der Waals surface area contributed by atoms with Crippen LogP contribution in [0.2, 0.25) is 5.02 Å².